The minimum atomic E-state index is 0.520. The van der Waals surface area contributed by atoms with Gasteiger partial charge in [-0.3, -0.25) is 0 Å². The molecule has 0 aliphatic heterocycles. The summed E-state index contributed by atoms with van der Waals surface area (Å²) >= 11 is 0. The van der Waals surface area contributed by atoms with Gasteiger partial charge in [-0.25, -0.2) is 4.98 Å². The molecule has 0 unspecified atom stereocenters. The SMILES string of the molecule is c1ccc(N(c2ccccc2)c2ccc(-c3nc(-c4ccc(N(c5ccccc5)c5ccccc5)cc4)c4c(n3)oc3c4ccc4cccc(N(c5ccccc5)c5ccccc5)c43)cc2)cc1. The average Bonchev–Trinajstić information content (AvgIpc) is 3.80. The smallest absolute Gasteiger partial charge is 0.231 e. The van der Waals surface area contributed by atoms with Gasteiger partial charge >= 0.3 is 0 Å². The van der Waals surface area contributed by atoms with Gasteiger partial charge in [0.25, 0.3) is 0 Å². The van der Waals surface area contributed by atoms with E-state index >= 15 is 0 Å². The Morgan fingerprint density at radius 1 is 0.294 bits per heavy atom. The number of furan rings is 1. The van der Waals surface area contributed by atoms with E-state index in [1.165, 1.54) is 0 Å². The minimum Gasteiger partial charge on any atom is -0.437 e. The van der Waals surface area contributed by atoms with Crippen molar-refractivity contribution in [3.8, 4) is 22.6 Å². The topological polar surface area (TPSA) is 48.6 Å². The van der Waals surface area contributed by atoms with E-state index in [0.717, 1.165) is 95.1 Å². The van der Waals surface area contributed by atoms with Crippen molar-refractivity contribution >= 4 is 84.0 Å². The van der Waals surface area contributed by atoms with Crippen LogP contribution in [0.5, 0.6) is 0 Å². The molecule has 0 spiro atoms. The highest BCUT2D eigenvalue weighted by molar-refractivity contribution is 6.21. The quantitative estimate of drug-likeness (QED) is 0.129. The highest BCUT2D eigenvalue weighted by Gasteiger charge is 2.24. The van der Waals surface area contributed by atoms with Crippen LogP contribution in [-0.4, -0.2) is 9.97 Å². The molecule has 0 aliphatic carbocycles. The van der Waals surface area contributed by atoms with Crippen molar-refractivity contribution in [1.82, 2.24) is 9.97 Å². The lowest BCUT2D eigenvalue weighted by molar-refractivity contribution is 0.657. The molecular weight excluding hydrogens is 831 g/mol. The van der Waals surface area contributed by atoms with Crippen molar-refractivity contribution in [3.05, 3.63) is 261 Å². The third kappa shape index (κ3) is 7.46. The van der Waals surface area contributed by atoms with E-state index in [1.807, 2.05) is 24.3 Å². The Labute approximate surface area is 394 Å². The standard InChI is InChI=1S/C62H43N5O/c1-7-21-47(22-8-1)65(48-23-9-2-10-24-48)53-39-34-45(35-40-53)59-58-55-43-38-44-20-19-33-56(67(51-29-15-5-16-30-51)52-31-17-6-18-32-52)57(44)60(55)68-62(58)64-61(63-59)46-36-41-54(42-37-46)66(49-25-11-3-12-26-49)50-27-13-4-14-28-50/h1-43H. The summed E-state index contributed by atoms with van der Waals surface area (Å²) in [5.41, 5.74) is 13.3. The summed E-state index contributed by atoms with van der Waals surface area (Å²) in [6.07, 6.45) is 0. The molecule has 0 N–H and O–H groups in total. The molecule has 6 nitrogen and oxygen atoms in total. The molecule has 0 radical (unpaired) electrons. The molecule has 2 heterocycles. The van der Waals surface area contributed by atoms with Crippen LogP contribution in [-0.2, 0) is 0 Å². The minimum absolute atomic E-state index is 0.520. The predicted molar refractivity (Wildman–Crippen MR) is 282 cm³/mol. The molecular formula is C62H43N5O. The molecule has 0 fully saturated rings. The van der Waals surface area contributed by atoms with Crippen molar-refractivity contribution in [2.45, 2.75) is 0 Å². The van der Waals surface area contributed by atoms with Crippen LogP contribution in [0, 0.1) is 0 Å². The largest absolute Gasteiger partial charge is 0.437 e. The van der Waals surface area contributed by atoms with Gasteiger partial charge in [0, 0.05) is 67.4 Å². The molecule has 68 heavy (non-hydrogen) atoms. The van der Waals surface area contributed by atoms with Crippen LogP contribution < -0.4 is 14.7 Å². The molecule has 6 heteroatoms. The van der Waals surface area contributed by atoms with Crippen LogP contribution in [0.1, 0.15) is 0 Å². The van der Waals surface area contributed by atoms with Crippen molar-refractivity contribution < 1.29 is 4.42 Å². The predicted octanol–water partition coefficient (Wildman–Crippen LogP) is 17.3. The van der Waals surface area contributed by atoms with Crippen LogP contribution >= 0.6 is 0 Å². The fourth-order valence-corrected chi connectivity index (χ4v) is 9.32. The highest BCUT2D eigenvalue weighted by Crippen LogP contribution is 2.46. The monoisotopic (exact) mass is 873 g/mol. The molecule has 0 bridgehead atoms. The second kappa shape index (κ2) is 17.6. The first-order valence-corrected chi connectivity index (χ1v) is 22.8. The molecule has 10 aromatic carbocycles. The zero-order valence-corrected chi connectivity index (χ0v) is 37.0. The molecule has 322 valence electrons. The lowest BCUT2D eigenvalue weighted by atomic mass is 10.0. The van der Waals surface area contributed by atoms with Gasteiger partial charge in [-0.15, -0.1) is 0 Å². The number of hydrogen-bond acceptors (Lipinski definition) is 6. The Morgan fingerprint density at radius 3 is 1.13 bits per heavy atom. The van der Waals surface area contributed by atoms with Crippen LogP contribution in [0.3, 0.4) is 0 Å². The van der Waals surface area contributed by atoms with Gasteiger partial charge in [0.2, 0.25) is 5.71 Å². The Morgan fingerprint density at radius 2 is 0.691 bits per heavy atom. The summed E-state index contributed by atoms with van der Waals surface area (Å²) in [7, 11) is 0. The van der Waals surface area contributed by atoms with Crippen LogP contribution in [0.2, 0.25) is 0 Å². The van der Waals surface area contributed by atoms with Gasteiger partial charge in [-0.05, 0) is 127 Å². The second-order valence-electron chi connectivity index (χ2n) is 16.6. The molecule has 12 rings (SSSR count). The Balaban J connectivity index is 1.05. The third-order valence-corrected chi connectivity index (χ3v) is 12.4. The number of anilines is 9. The number of benzene rings is 10. The van der Waals surface area contributed by atoms with E-state index in [2.05, 4.69) is 251 Å². The van der Waals surface area contributed by atoms with E-state index in [4.69, 9.17) is 14.4 Å². The van der Waals surface area contributed by atoms with E-state index in [0.29, 0.717) is 11.5 Å². The van der Waals surface area contributed by atoms with E-state index < -0.39 is 0 Å². The van der Waals surface area contributed by atoms with Gasteiger partial charge in [0.05, 0.1) is 16.8 Å². The lowest BCUT2D eigenvalue weighted by Crippen LogP contribution is -2.10. The molecule has 2 aromatic heterocycles. The number of fused-ring (bicyclic) bond motifs is 5. The van der Waals surface area contributed by atoms with Gasteiger partial charge in [-0.1, -0.05) is 140 Å². The Hall–Kier alpha value is -9.26. The molecule has 12 aromatic rings. The first-order chi connectivity index (χ1) is 33.7. The van der Waals surface area contributed by atoms with Gasteiger partial charge in [0.15, 0.2) is 5.82 Å². The number of rotatable bonds is 11. The van der Waals surface area contributed by atoms with Gasteiger partial charge in [0.1, 0.15) is 5.58 Å². The molecule has 0 saturated heterocycles. The summed E-state index contributed by atoms with van der Waals surface area (Å²) in [4.78, 5) is 17.6. The van der Waals surface area contributed by atoms with E-state index in [1.54, 1.807) is 0 Å². The van der Waals surface area contributed by atoms with E-state index in [9.17, 15) is 0 Å². The summed E-state index contributed by atoms with van der Waals surface area (Å²) in [5.74, 6) is 0.572. The Bertz CT molecular complexity index is 3530. The summed E-state index contributed by atoms with van der Waals surface area (Å²) in [6.45, 7) is 0. The number of aromatic nitrogens is 2. The maximum atomic E-state index is 7.11. The zero-order valence-electron chi connectivity index (χ0n) is 37.0. The van der Waals surface area contributed by atoms with Crippen molar-refractivity contribution in [2.75, 3.05) is 14.7 Å². The van der Waals surface area contributed by atoms with Gasteiger partial charge in [-0.2, -0.15) is 4.98 Å². The van der Waals surface area contributed by atoms with Crippen LogP contribution in [0.4, 0.5) is 51.2 Å². The summed E-state index contributed by atoms with van der Waals surface area (Å²) in [5, 5.41) is 3.85. The van der Waals surface area contributed by atoms with E-state index in [-0.39, 0.29) is 0 Å². The second-order valence-corrected chi connectivity index (χ2v) is 16.6. The fraction of sp³-hybridized carbons (Fsp3) is 0. The lowest BCUT2D eigenvalue weighted by Gasteiger charge is -2.26. The molecule has 0 amide bonds. The number of para-hydroxylation sites is 6. The first-order valence-electron chi connectivity index (χ1n) is 22.8. The molecule has 0 atom stereocenters. The summed E-state index contributed by atoms with van der Waals surface area (Å²) in [6, 6.07) is 90.7. The summed E-state index contributed by atoms with van der Waals surface area (Å²) < 4.78 is 7.11. The average molecular weight is 874 g/mol. The highest BCUT2D eigenvalue weighted by atomic mass is 16.3. The Kier molecular flexibility index (Phi) is 10.4. The van der Waals surface area contributed by atoms with Crippen molar-refractivity contribution in [2.24, 2.45) is 0 Å². The maximum absolute atomic E-state index is 7.11. The molecule has 0 aliphatic rings. The number of nitrogens with zero attached hydrogens (tertiary/aromatic N) is 5. The van der Waals surface area contributed by atoms with Crippen LogP contribution in [0.25, 0.3) is 55.5 Å². The first kappa shape index (κ1) is 40.3. The normalized spacial score (nSPS) is 11.2. The van der Waals surface area contributed by atoms with Gasteiger partial charge < -0.3 is 19.1 Å². The fourth-order valence-electron chi connectivity index (χ4n) is 9.32. The van der Waals surface area contributed by atoms with Crippen LogP contribution in [0.15, 0.2) is 265 Å². The molecule has 0 saturated carbocycles. The third-order valence-electron chi connectivity index (χ3n) is 12.4. The van der Waals surface area contributed by atoms with Crippen molar-refractivity contribution in [3.63, 3.8) is 0 Å². The zero-order chi connectivity index (χ0) is 45.2. The van der Waals surface area contributed by atoms with Crippen molar-refractivity contribution in [1.29, 1.82) is 0 Å². The maximum Gasteiger partial charge on any atom is 0.231 e. The number of hydrogen-bond donors (Lipinski definition) is 0.